The number of anilines is 1. The van der Waals surface area contributed by atoms with E-state index in [9.17, 15) is 4.79 Å². The van der Waals surface area contributed by atoms with Crippen LogP contribution in [-0.2, 0) is 0 Å². The van der Waals surface area contributed by atoms with Crippen molar-refractivity contribution in [2.45, 2.75) is 64.8 Å². The van der Waals surface area contributed by atoms with Crippen molar-refractivity contribution in [3.8, 4) is 0 Å². The summed E-state index contributed by atoms with van der Waals surface area (Å²) < 4.78 is 0. The van der Waals surface area contributed by atoms with E-state index in [0.29, 0.717) is 10.9 Å². The Morgan fingerprint density at radius 1 is 1.53 bits per heavy atom. The predicted molar refractivity (Wildman–Crippen MR) is 131 cm³/mol. The topological polar surface area (TPSA) is 57.6 Å². The maximum atomic E-state index is 13.0. The molecule has 7 heteroatoms. The number of hydrazone groups is 1. The standard InChI is InChI=1S/C19H24N4OS.C4H7Cl/c1-4-10-21-23(13(3)5-2)19(24)17-12-15-16(22-14-7-6-8-14)9-11-20-18(15)25-17;1-3-4(2)5/h5,9-12,14H,4,6-8H2,1-3H3,(H,20,22);3-4H,1H2,2H3/b13-5+,21-10-;. The van der Waals surface area contributed by atoms with Crippen LogP contribution in [0.4, 0.5) is 5.69 Å². The van der Waals surface area contributed by atoms with E-state index in [0.717, 1.165) is 28.0 Å². The van der Waals surface area contributed by atoms with Crippen LogP contribution >= 0.6 is 22.9 Å². The summed E-state index contributed by atoms with van der Waals surface area (Å²) in [6, 6.07) is 4.47. The molecule has 0 aromatic carbocycles. The molecule has 1 aliphatic carbocycles. The number of aromatic nitrogens is 1. The van der Waals surface area contributed by atoms with Gasteiger partial charge in [-0.1, -0.05) is 19.1 Å². The molecule has 1 N–H and O–H groups in total. The van der Waals surface area contributed by atoms with Crippen molar-refractivity contribution < 1.29 is 4.79 Å². The first kappa shape index (κ1) is 24.1. The van der Waals surface area contributed by atoms with Crippen LogP contribution in [0.15, 0.2) is 47.9 Å². The number of thiophene rings is 1. The summed E-state index contributed by atoms with van der Waals surface area (Å²) in [4.78, 5) is 18.9. The van der Waals surface area contributed by atoms with E-state index < -0.39 is 0 Å². The van der Waals surface area contributed by atoms with E-state index in [-0.39, 0.29) is 11.3 Å². The molecule has 1 atom stereocenters. The lowest BCUT2D eigenvalue weighted by Crippen LogP contribution is -2.27. The van der Waals surface area contributed by atoms with Crippen LogP contribution in [0.3, 0.4) is 0 Å². The van der Waals surface area contributed by atoms with Gasteiger partial charge in [-0.25, -0.2) is 9.99 Å². The van der Waals surface area contributed by atoms with Crippen LogP contribution in [-0.4, -0.2) is 33.5 Å². The highest BCUT2D eigenvalue weighted by Gasteiger charge is 2.22. The summed E-state index contributed by atoms with van der Waals surface area (Å²) in [6.45, 7) is 11.1. The molecule has 2 aromatic rings. The van der Waals surface area contributed by atoms with Gasteiger partial charge in [-0.3, -0.25) is 4.79 Å². The van der Waals surface area contributed by atoms with E-state index in [2.05, 4.69) is 22.0 Å². The molecule has 0 radical (unpaired) electrons. The van der Waals surface area contributed by atoms with E-state index in [1.165, 1.54) is 35.6 Å². The van der Waals surface area contributed by atoms with Gasteiger partial charge in [0.25, 0.3) is 5.91 Å². The number of halogens is 1. The van der Waals surface area contributed by atoms with Crippen LogP contribution in [0, 0.1) is 0 Å². The molecule has 0 bridgehead atoms. The van der Waals surface area contributed by atoms with Crippen molar-refractivity contribution in [1.29, 1.82) is 0 Å². The normalized spacial score (nSPS) is 15.3. The molecule has 1 unspecified atom stereocenters. The number of allylic oxidation sites excluding steroid dienone is 3. The van der Waals surface area contributed by atoms with Crippen molar-refractivity contribution >= 4 is 51.0 Å². The predicted octanol–water partition coefficient (Wildman–Crippen LogP) is 6.82. The average Bonchev–Trinajstić information content (AvgIpc) is 3.16. The van der Waals surface area contributed by atoms with Crippen LogP contribution in [0.25, 0.3) is 10.2 Å². The Morgan fingerprint density at radius 3 is 2.77 bits per heavy atom. The first-order chi connectivity index (χ1) is 14.4. The average molecular weight is 447 g/mol. The fourth-order valence-electron chi connectivity index (χ4n) is 2.64. The van der Waals surface area contributed by atoms with Gasteiger partial charge in [0, 0.05) is 40.6 Å². The number of nitrogens with zero attached hydrogens (tertiary/aromatic N) is 3. The van der Waals surface area contributed by atoms with Gasteiger partial charge in [0.2, 0.25) is 0 Å². The van der Waals surface area contributed by atoms with Gasteiger partial charge in [-0.05, 0) is 58.6 Å². The molecular weight excluding hydrogens is 416 g/mol. The molecule has 162 valence electrons. The Bertz CT molecular complexity index is 915. The van der Waals surface area contributed by atoms with Gasteiger partial charge in [0.15, 0.2) is 0 Å². The number of rotatable bonds is 7. The summed E-state index contributed by atoms with van der Waals surface area (Å²) in [6.07, 6.45) is 11.6. The molecule has 0 saturated heterocycles. The summed E-state index contributed by atoms with van der Waals surface area (Å²) in [7, 11) is 0. The molecule has 1 saturated carbocycles. The molecule has 0 spiro atoms. The highest BCUT2D eigenvalue weighted by Crippen LogP contribution is 2.33. The lowest BCUT2D eigenvalue weighted by atomic mass is 9.93. The molecule has 1 amide bonds. The molecule has 30 heavy (non-hydrogen) atoms. The highest BCUT2D eigenvalue weighted by molar-refractivity contribution is 7.20. The number of nitrogens with one attached hydrogen (secondary N) is 1. The fourth-order valence-corrected chi connectivity index (χ4v) is 3.59. The zero-order chi connectivity index (χ0) is 22.1. The molecule has 0 aliphatic heterocycles. The number of hydrogen-bond acceptors (Lipinski definition) is 5. The number of fused-ring (bicyclic) bond motifs is 1. The number of carbonyl (C=O) groups is 1. The Hall–Kier alpha value is -2.18. The first-order valence-electron chi connectivity index (χ1n) is 10.3. The van der Waals surface area contributed by atoms with Crippen LogP contribution in [0.2, 0.25) is 0 Å². The van der Waals surface area contributed by atoms with E-state index >= 15 is 0 Å². The third-order valence-electron chi connectivity index (χ3n) is 4.76. The first-order valence-corrected chi connectivity index (χ1v) is 11.6. The second-order valence-corrected chi connectivity index (χ2v) is 8.85. The number of amides is 1. The summed E-state index contributed by atoms with van der Waals surface area (Å²) in [5, 5.41) is 10.5. The quantitative estimate of drug-likeness (QED) is 0.219. The molecule has 1 aliphatic rings. The summed E-state index contributed by atoms with van der Waals surface area (Å²) >= 11 is 6.76. The zero-order valence-electron chi connectivity index (χ0n) is 18.2. The molecule has 2 heterocycles. The number of carbonyl (C=O) groups excluding carboxylic acids is 1. The summed E-state index contributed by atoms with van der Waals surface area (Å²) in [5.41, 5.74) is 1.88. The van der Waals surface area contributed by atoms with Crippen molar-refractivity contribution in [3.63, 3.8) is 0 Å². The molecule has 1 fully saturated rings. The maximum Gasteiger partial charge on any atom is 0.288 e. The van der Waals surface area contributed by atoms with Crippen LogP contribution in [0.5, 0.6) is 0 Å². The van der Waals surface area contributed by atoms with Crippen molar-refractivity contribution in [2.24, 2.45) is 5.10 Å². The van der Waals surface area contributed by atoms with Crippen molar-refractivity contribution in [3.05, 3.63) is 47.6 Å². The Balaban J connectivity index is 0.000000575. The Kier molecular flexibility index (Phi) is 9.53. The zero-order valence-corrected chi connectivity index (χ0v) is 19.8. The fraction of sp³-hybridized carbons (Fsp3) is 0.435. The largest absolute Gasteiger partial charge is 0.382 e. The minimum absolute atomic E-state index is 0.113. The van der Waals surface area contributed by atoms with Gasteiger partial charge in [0.05, 0.1) is 4.88 Å². The second kappa shape index (κ2) is 11.9. The molecule has 3 rings (SSSR count). The molecular formula is C23H31ClN4OS. The minimum atomic E-state index is -0.113. The lowest BCUT2D eigenvalue weighted by Gasteiger charge is -2.27. The van der Waals surface area contributed by atoms with Gasteiger partial charge < -0.3 is 5.32 Å². The Morgan fingerprint density at radius 2 is 2.23 bits per heavy atom. The number of alkyl halides is 1. The number of pyridine rings is 1. The van der Waals surface area contributed by atoms with E-state index in [1.807, 2.05) is 45.9 Å². The second-order valence-electron chi connectivity index (χ2n) is 7.13. The highest BCUT2D eigenvalue weighted by atomic mass is 35.5. The van der Waals surface area contributed by atoms with Gasteiger partial charge in [-0.15, -0.1) is 29.5 Å². The smallest absolute Gasteiger partial charge is 0.288 e. The molecule has 2 aromatic heterocycles. The van der Waals surface area contributed by atoms with Gasteiger partial charge in [0.1, 0.15) is 4.83 Å². The summed E-state index contributed by atoms with van der Waals surface area (Å²) in [5.74, 6) is -0.113. The van der Waals surface area contributed by atoms with E-state index in [4.69, 9.17) is 11.6 Å². The third-order valence-corrected chi connectivity index (χ3v) is 5.97. The third kappa shape index (κ3) is 6.41. The van der Waals surface area contributed by atoms with E-state index in [1.54, 1.807) is 18.5 Å². The monoisotopic (exact) mass is 446 g/mol. The number of hydrogen-bond donors (Lipinski definition) is 1. The van der Waals surface area contributed by atoms with Crippen molar-refractivity contribution in [2.75, 3.05) is 5.32 Å². The van der Waals surface area contributed by atoms with Crippen LogP contribution in [0.1, 0.15) is 63.0 Å². The lowest BCUT2D eigenvalue weighted by molar-refractivity contribution is 0.0815. The molecule has 5 nitrogen and oxygen atoms in total. The Labute approximate surface area is 188 Å². The SMILES string of the molecule is C/C=C(\C)N(/N=C\CC)C(=O)c1cc2c(NC3CCC3)ccnc2s1.C=CC(C)Cl. The van der Waals surface area contributed by atoms with Gasteiger partial charge in [-0.2, -0.15) is 5.10 Å². The maximum absolute atomic E-state index is 13.0. The van der Waals surface area contributed by atoms with Crippen molar-refractivity contribution in [1.82, 2.24) is 9.99 Å². The minimum Gasteiger partial charge on any atom is -0.382 e. The van der Waals surface area contributed by atoms with Crippen LogP contribution < -0.4 is 5.32 Å². The van der Waals surface area contributed by atoms with Gasteiger partial charge >= 0.3 is 0 Å².